The number of imide groups is 1. The number of carbonyl (C=O) groups is 4. The summed E-state index contributed by atoms with van der Waals surface area (Å²) in [5.41, 5.74) is -3.59. The van der Waals surface area contributed by atoms with Gasteiger partial charge in [0.25, 0.3) is 0 Å². The Labute approximate surface area is 283 Å². The fourth-order valence-corrected chi connectivity index (χ4v) is 5.90. The maximum absolute atomic E-state index is 13.4. The smallest absolute Gasteiger partial charge is 0.425 e. The lowest BCUT2D eigenvalue weighted by Gasteiger charge is -2.30. The number of nitrogens with zero attached hydrogens (tertiary/aromatic N) is 5. The number of carbonyl (C=O) groups excluding carboxylic acids is 4. The van der Waals surface area contributed by atoms with Crippen molar-refractivity contribution in [2.24, 2.45) is 5.41 Å². The Morgan fingerprint density at radius 3 is 2.15 bits per heavy atom. The summed E-state index contributed by atoms with van der Waals surface area (Å²) in [7, 11) is -2.03. The van der Waals surface area contributed by atoms with Crippen molar-refractivity contribution < 1.29 is 52.2 Å². The minimum absolute atomic E-state index is 0.0516. The van der Waals surface area contributed by atoms with Gasteiger partial charge in [-0.05, 0) is 73.4 Å². The minimum atomic E-state index is -3.17. The predicted molar refractivity (Wildman–Crippen MR) is 173 cm³/mol. The van der Waals surface area contributed by atoms with Gasteiger partial charge in [0.05, 0.1) is 25.5 Å². The van der Waals surface area contributed by atoms with E-state index in [4.69, 9.17) is 46.4 Å². The lowest BCUT2D eigenvalue weighted by molar-refractivity contribution is -0.155. The number of methoxy groups -OCH3 is 1. The molecule has 0 aromatic carbocycles. The number of rotatable bonds is 8. The normalized spacial score (nSPS) is 22.0. The maximum Gasteiger partial charge on any atom is 0.425 e. The van der Waals surface area contributed by atoms with E-state index in [2.05, 4.69) is 20.9 Å². The van der Waals surface area contributed by atoms with Crippen LogP contribution in [-0.2, 0) is 42.6 Å². The molecule has 5 atom stereocenters. The molecule has 1 unspecified atom stereocenters. The molecule has 2 aromatic rings. The largest absolute Gasteiger partial charge is 0.467 e. The lowest BCUT2D eigenvalue weighted by Crippen LogP contribution is -2.44. The molecule has 2 aromatic heterocycles. The zero-order valence-electron chi connectivity index (χ0n) is 28.7. The van der Waals surface area contributed by atoms with Crippen LogP contribution >= 0.6 is 18.7 Å². The van der Waals surface area contributed by atoms with Crippen LogP contribution in [0.15, 0.2) is 6.33 Å². The van der Waals surface area contributed by atoms with Crippen LogP contribution in [0.3, 0.4) is 0 Å². The molecule has 1 saturated heterocycles. The van der Waals surface area contributed by atoms with Crippen LogP contribution in [0.2, 0.25) is 5.28 Å². The molecule has 0 saturated carbocycles. The van der Waals surface area contributed by atoms with E-state index in [0.29, 0.717) is 4.90 Å². The number of amides is 2. The van der Waals surface area contributed by atoms with Crippen LogP contribution in [-0.4, -0.2) is 99.9 Å². The molecule has 264 valence electrons. The first-order valence-electron chi connectivity index (χ1n) is 14.6. The third-order valence-corrected chi connectivity index (χ3v) is 8.47. The average molecular weight is 714 g/mol. The number of aromatic nitrogens is 4. The molecule has 1 aliphatic rings. The number of ether oxygens (including phenoxy) is 6. The van der Waals surface area contributed by atoms with Crippen molar-refractivity contribution in [2.45, 2.75) is 90.9 Å². The Morgan fingerprint density at radius 1 is 1.12 bits per heavy atom. The van der Waals surface area contributed by atoms with Gasteiger partial charge in [-0.25, -0.2) is 19.4 Å². The quantitative estimate of drug-likeness (QED) is 0.120. The van der Waals surface area contributed by atoms with E-state index >= 15 is 0 Å². The first-order chi connectivity index (χ1) is 21.9. The molecule has 1 fully saturated rings. The van der Waals surface area contributed by atoms with Gasteiger partial charge in [0, 0.05) is 6.92 Å². The van der Waals surface area contributed by atoms with Gasteiger partial charge in [-0.2, -0.15) is 14.9 Å². The summed E-state index contributed by atoms with van der Waals surface area (Å²) >= 11 is 6.34. The molecule has 0 aliphatic carbocycles. The van der Waals surface area contributed by atoms with E-state index in [-0.39, 0.29) is 23.6 Å². The Morgan fingerprint density at radius 2 is 1.69 bits per heavy atom. The maximum atomic E-state index is 13.4. The summed E-state index contributed by atoms with van der Waals surface area (Å²) in [5.74, 6) is -0.722. The van der Waals surface area contributed by atoms with Crippen molar-refractivity contribution in [3.05, 3.63) is 11.6 Å². The molecule has 0 radical (unpaired) electrons. The van der Waals surface area contributed by atoms with Gasteiger partial charge in [0.1, 0.15) is 24.4 Å². The highest BCUT2D eigenvalue weighted by atomic mass is 35.5. The molecule has 18 heteroatoms. The van der Waals surface area contributed by atoms with E-state index in [1.807, 2.05) is 0 Å². The monoisotopic (exact) mass is 713 g/mol. The van der Waals surface area contributed by atoms with Gasteiger partial charge in [-0.3, -0.25) is 9.36 Å². The zero-order chi connectivity index (χ0) is 36.6. The molecule has 3 rings (SSSR count). The summed E-state index contributed by atoms with van der Waals surface area (Å²) in [6.45, 7) is 14.8. The second-order valence-electron chi connectivity index (χ2n) is 13.6. The highest BCUT2D eigenvalue weighted by Gasteiger charge is 2.57. The molecular weight excluding hydrogens is 673 g/mol. The van der Waals surface area contributed by atoms with E-state index in [1.54, 1.807) is 48.5 Å². The second-order valence-corrected chi connectivity index (χ2v) is 17.2. The van der Waals surface area contributed by atoms with Gasteiger partial charge >= 0.3 is 24.1 Å². The van der Waals surface area contributed by atoms with Gasteiger partial charge in [-0.15, -0.1) is 6.42 Å². The van der Waals surface area contributed by atoms with Crippen LogP contribution < -0.4 is 4.90 Å². The molecule has 1 aliphatic heterocycles. The third-order valence-electron chi connectivity index (χ3n) is 6.81. The summed E-state index contributed by atoms with van der Waals surface area (Å²) in [6.07, 6.45) is 1.47. The van der Waals surface area contributed by atoms with Crippen molar-refractivity contribution in [3.8, 4) is 12.3 Å². The van der Waals surface area contributed by atoms with E-state index in [9.17, 15) is 23.7 Å². The summed E-state index contributed by atoms with van der Waals surface area (Å²) < 4.78 is 47.7. The Hall–Kier alpha value is -3.77. The second kappa shape index (κ2) is 14.0. The van der Waals surface area contributed by atoms with Gasteiger partial charge in [0.15, 0.2) is 29.3 Å². The van der Waals surface area contributed by atoms with Crippen LogP contribution in [0, 0.1) is 17.8 Å². The number of anilines is 1. The fraction of sp³-hybridized carbons (Fsp3) is 0.633. The molecule has 16 nitrogen and oxygen atoms in total. The van der Waals surface area contributed by atoms with Crippen LogP contribution in [0.4, 0.5) is 15.4 Å². The van der Waals surface area contributed by atoms with Crippen molar-refractivity contribution in [3.63, 3.8) is 0 Å². The van der Waals surface area contributed by atoms with Crippen LogP contribution in [0.5, 0.6) is 0 Å². The molecule has 0 spiro atoms. The first kappa shape index (κ1) is 38.7. The number of terminal acetylenes is 1. The van der Waals surface area contributed by atoms with Crippen molar-refractivity contribution in [1.82, 2.24) is 19.5 Å². The predicted octanol–water partition coefficient (Wildman–Crippen LogP) is 4.76. The highest BCUT2D eigenvalue weighted by Crippen LogP contribution is 2.48. The standard InChI is InChI=1S/C30H41ClN5O11P/c1-13-30(9)17(14-43-24(23(38)42-10)48(11,12)41)45-22(19(30)44-16(2)37)35-15-32-18-20(35)33-25(31)34-21(18)36(26(39)46-28(3,4)5)27(40)47-29(6,7)8/h1,15,17,19,22,24H,14H2,2-12H3/t17-,19+,22-,24?,30+/m1/s1. The number of halogens is 1. The van der Waals surface area contributed by atoms with Crippen molar-refractivity contribution >= 4 is 59.8 Å². The minimum Gasteiger partial charge on any atom is -0.467 e. The summed E-state index contributed by atoms with van der Waals surface area (Å²) in [5, 5.41) is -0.402. The van der Waals surface area contributed by atoms with Crippen LogP contribution in [0.25, 0.3) is 11.2 Å². The van der Waals surface area contributed by atoms with Gasteiger partial charge in [-0.1, -0.05) is 5.92 Å². The van der Waals surface area contributed by atoms with Crippen molar-refractivity contribution in [2.75, 3.05) is 31.9 Å². The number of hydrogen-bond donors (Lipinski definition) is 0. The average Bonchev–Trinajstić information content (AvgIpc) is 3.44. The number of fused-ring (bicyclic) bond motifs is 1. The molecule has 48 heavy (non-hydrogen) atoms. The lowest BCUT2D eigenvalue weighted by atomic mass is 9.81. The van der Waals surface area contributed by atoms with Gasteiger partial charge < -0.3 is 33.0 Å². The highest BCUT2D eigenvalue weighted by molar-refractivity contribution is 7.63. The summed E-state index contributed by atoms with van der Waals surface area (Å²) in [6, 6.07) is 0. The third kappa shape index (κ3) is 8.63. The molecule has 0 bridgehead atoms. The van der Waals surface area contributed by atoms with Crippen molar-refractivity contribution in [1.29, 1.82) is 0 Å². The van der Waals surface area contributed by atoms with Crippen LogP contribution in [0.1, 0.15) is 61.6 Å². The number of hydrogen-bond acceptors (Lipinski definition) is 14. The first-order valence-corrected chi connectivity index (χ1v) is 17.7. The molecule has 2 amide bonds. The number of esters is 2. The topological polar surface area (TPSA) is 188 Å². The number of imidazole rings is 1. The fourth-order valence-electron chi connectivity index (χ4n) is 4.68. The van der Waals surface area contributed by atoms with E-state index in [0.717, 1.165) is 7.11 Å². The van der Waals surface area contributed by atoms with E-state index in [1.165, 1.54) is 31.1 Å². The molecule has 3 heterocycles. The van der Waals surface area contributed by atoms with E-state index < -0.39 is 77.4 Å². The Kier molecular flexibility index (Phi) is 11.3. The zero-order valence-corrected chi connectivity index (χ0v) is 30.4. The van der Waals surface area contributed by atoms with Gasteiger partial charge in [0.2, 0.25) is 11.1 Å². The Balaban J connectivity index is 2.18. The molecule has 0 N–H and O–H groups in total. The molecular formula is C30H41ClN5O11P. The SMILES string of the molecule is C#C[C@@]1(C)[C@@H](COC(C(=O)OC)P(C)(C)=O)O[C@@H](n2cnc3c(N(C(=O)OC(C)(C)C)C(=O)OC(C)(C)C)nc(Cl)nc32)[C@@H]1OC(C)=O. The summed E-state index contributed by atoms with van der Waals surface area (Å²) in [4.78, 5) is 64.8. The Bertz CT molecular complexity index is 1640.